The van der Waals surface area contributed by atoms with Gasteiger partial charge in [-0.3, -0.25) is 4.79 Å². The number of hydrogen-bond donors (Lipinski definition) is 2. The Morgan fingerprint density at radius 3 is 2.87 bits per heavy atom. The summed E-state index contributed by atoms with van der Waals surface area (Å²) in [5.74, 6) is -0.00109. The van der Waals surface area contributed by atoms with E-state index in [1.54, 1.807) is 11.3 Å². The molecule has 0 spiro atoms. The number of thiazole rings is 1. The first kappa shape index (κ1) is 19.9. The summed E-state index contributed by atoms with van der Waals surface area (Å²) in [6.07, 6.45) is 2.16. The van der Waals surface area contributed by atoms with Crippen molar-refractivity contribution in [3.8, 4) is 10.6 Å². The molecule has 0 saturated carbocycles. The number of nitrogens with one attached hydrogen (secondary N) is 2. The topological polar surface area (TPSA) is 54.0 Å². The van der Waals surface area contributed by atoms with Gasteiger partial charge in [-0.1, -0.05) is 12.1 Å². The van der Waals surface area contributed by atoms with Crippen molar-refractivity contribution < 1.29 is 4.79 Å². The molecule has 1 atom stereocenters. The van der Waals surface area contributed by atoms with Gasteiger partial charge < -0.3 is 10.6 Å². The first-order valence-electron chi connectivity index (χ1n) is 7.26. The van der Waals surface area contributed by atoms with Crippen molar-refractivity contribution in [2.24, 2.45) is 0 Å². The van der Waals surface area contributed by atoms with Crippen molar-refractivity contribution in [1.82, 2.24) is 15.6 Å². The van der Waals surface area contributed by atoms with E-state index < -0.39 is 0 Å². The Morgan fingerprint density at radius 2 is 2.22 bits per heavy atom. The minimum Gasteiger partial charge on any atom is -0.348 e. The number of benzene rings is 1. The van der Waals surface area contributed by atoms with E-state index in [1.165, 1.54) is 0 Å². The van der Waals surface area contributed by atoms with Gasteiger partial charge in [0.2, 0.25) is 0 Å². The van der Waals surface area contributed by atoms with Gasteiger partial charge in [0.05, 0.1) is 0 Å². The first-order valence-corrected chi connectivity index (χ1v) is 8.14. The lowest BCUT2D eigenvalue weighted by Gasteiger charge is -2.23. The number of aryl methyl sites for hydroxylation is 1. The average Bonchev–Trinajstić information content (AvgIpc) is 2.95. The van der Waals surface area contributed by atoms with Crippen LogP contribution in [-0.2, 0) is 0 Å². The molecule has 4 nitrogen and oxygen atoms in total. The van der Waals surface area contributed by atoms with Crippen LogP contribution in [0.25, 0.3) is 10.6 Å². The molecule has 1 aliphatic heterocycles. The predicted molar refractivity (Wildman–Crippen MR) is 100 cm³/mol. The summed E-state index contributed by atoms with van der Waals surface area (Å²) in [7, 11) is 0. The normalized spacial score (nSPS) is 16.8. The van der Waals surface area contributed by atoms with Gasteiger partial charge in [-0.25, -0.2) is 4.98 Å². The maximum atomic E-state index is 12.3. The third-order valence-electron chi connectivity index (χ3n) is 3.62. The molecule has 2 N–H and O–H groups in total. The van der Waals surface area contributed by atoms with Gasteiger partial charge in [-0.05, 0) is 38.4 Å². The van der Waals surface area contributed by atoms with Gasteiger partial charge in [0.15, 0.2) is 0 Å². The Hall–Kier alpha value is -1.14. The zero-order valence-corrected chi connectivity index (χ0v) is 15.3. The van der Waals surface area contributed by atoms with E-state index in [-0.39, 0.29) is 36.8 Å². The highest BCUT2D eigenvalue weighted by atomic mass is 35.5. The second kappa shape index (κ2) is 9.23. The van der Waals surface area contributed by atoms with Crippen molar-refractivity contribution in [2.75, 3.05) is 13.1 Å². The molecular weight excluding hydrogens is 353 g/mol. The average molecular weight is 374 g/mol. The molecule has 2 aromatic rings. The molecule has 7 heteroatoms. The molecule has 1 fully saturated rings. The summed E-state index contributed by atoms with van der Waals surface area (Å²) >= 11 is 1.61. The van der Waals surface area contributed by atoms with Crippen LogP contribution < -0.4 is 10.6 Å². The Morgan fingerprint density at radius 1 is 1.39 bits per heavy atom. The number of nitrogens with zero attached hydrogens (tertiary/aromatic N) is 1. The van der Waals surface area contributed by atoms with Crippen molar-refractivity contribution in [2.45, 2.75) is 25.8 Å². The highest BCUT2D eigenvalue weighted by Gasteiger charge is 2.16. The minimum absolute atomic E-state index is 0. The molecule has 1 amide bonds. The fourth-order valence-corrected chi connectivity index (χ4v) is 3.32. The minimum atomic E-state index is -0.00109. The van der Waals surface area contributed by atoms with E-state index in [1.807, 2.05) is 36.6 Å². The zero-order valence-electron chi connectivity index (χ0n) is 12.9. The van der Waals surface area contributed by atoms with Gasteiger partial charge in [-0.2, -0.15) is 0 Å². The Bertz CT molecular complexity index is 642. The molecule has 0 unspecified atom stereocenters. The van der Waals surface area contributed by atoms with Gasteiger partial charge in [0.1, 0.15) is 5.01 Å². The van der Waals surface area contributed by atoms with Gasteiger partial charge in [0, 0.05) is 34.8 Å². The fourth-order valence-electron chi connectivity index (χ4n) is 2.52. The molecule has 1 aliphatic rings. The number of aromatic nitrogens is 1. The molecule has 1 aromatic heterocycles. The van der Waals surface area contributed by atoms with E-state index in [2.05, 4.69) is 15.6 Å². The van der Waals surface area contributed by atoms with Crippen LogP contribution in [0.4, 0.5) is 0 Å². The summed E-state index contributed by atoms with van der Waals surface area (Å²) in [6.45, 7) is 3.88. The summed E-state index contributed by atoms with van der Waals surface area (Å²) in [5.41, 5.74) is 2.71. The van der Waals surface area contributed by atoms with Gasteiger partial charge in [-0.15, -0.1) is 36.2 Å². The number of carbonyl (C=O) groups excluding carboxylic acids is 1. The number of carbonyl (C=O) groups is 1. The van der Waals surface area contributed by atoms with Crippen LogP contribution in [0.5, 0.6) is 0 Å². The van der Waals surface area contributed by atoms with Crippen LogP contribution in [0.2, 0.25) is 0 Å². The molecule has 1 saturated heterocycles. The highest BCUT2D eigenvalue weighted by Crippen LogP contribution is 2.24. The fraction of sp³-hybridized carbons (Fsp3) is 0.375. The van der Waals surface area contributed by atoms with Crippen molar-refractivity contribution in [1.29, 1.82) is 0 Å². The molecule has 126 valence electrons. The van der Waals surface area contributed by atoms with E-state index in [0.29, 0.717) is 5.56 Å². The van der Waals surface area contributed by atoms with Crippen molar-refractivity contribution in [3.05, 3.63) is 40.9 Å². The molecule has 0 bridgehead atoms. The first-order chi connectivity index (χ1) is 10.2. The second-order valence-corrected chi connectivity index (χ2v) is 6.25. The van der Waals surface area contributed by atoms with E-state index >= 15 is 0 Å². The molecule has 3 rings (SSSR count). The molecular formula is C16H21Cl2N3OS. The highest BCUT2D eigenvalue weighted by molar-refractivity contribution is 7.13. The van der Waals surface area contributed by atoms with Gasteiger partial charge >= 0.3 is 0 Å². The molecule has 0 aliphatic carbocycles. The maximum absolute atomic E-state index is 12.3. The lowest BCUT2D eigenvalue weighted by atomic mass is 10.1. The van der Waals surface area contributed by atoms with Crippen LogP contribution >= 0.6 is 36.2 Å². The Balaban J connectivity index is 0.00000132. The zero-order chi connectivity index (χ0) is 14.7. The Labute approximate surface area is 152 Å². The van der Waals surface area contributed by atoms with Gasteiger partial charge in [0.25, 0.3) is 5.91 Å². The van der Waals surface area contributed by atoms with Crippen LogP contribution in [0.1, 0.15) is 28.9 Å². The Kier molecular flexibility index (Phi) is 7.99. The van der Waals surface area contributed by atoms with Crippen LogP contribution in [0.3, 0.4) is 0 Å². The number of piperidine rings is 1. The van der Waals surface area contributed by atoms with Crippen molar-refractivity contribution in [3.63, 3.8) is 0 Å². The number of amides is 1. The molecule has 23 heavy (non-hydrogen) atoms. The quantitative estimate of drug-likeness (QED) is 0.865. The molecule has 1 aromatic carbocycles. The third kappa shape index (κ3) is 5.18. The third-order valence-corrected chi connectivity index (χ3v) is 4.63. The van der Waals surface area contributed by atoms with Crippen LogP contribution in [0.15, 0.2) is 29.6 Å². The van der Waals surface area contributed by atoms with Crippen molar-refractivity contribution >= 4 is 42.1 Å². The summed E-state index contributed by atoms with van der Waals surface area (Å²) in [6, 6.07) is 7.92. The second-order valence-electron chi connectivity index (χ2n) is 5.39. The van der Waals surface area contributed by atoms with Crippen LogP contribution in [0, 0.1) is 6.92 Å². The lowest BCUT2D eigenvalue weighted by Crippen LogP contribution is -2.45. The lowest BCUT2D eigenvalue weighted by molar-refractivity contribution is 0.0930. The molecule has 0 radical (unpaired) electrons. The number of hydrogen-bond acceptors (Lipinski definition) is 4. The van der Waals surface area contributed by atoms with E-state index in [4.69, 9.17) is 0 Å². The van der Waals surface area contributed by atoms with E-state index in [9.17, 15) is 4.79 Å². The van der Waals surface area contributed by atoms with E-state index in [0.717, 1.165) is 42.2 Å². The smallest absolute Gasteiger partial charge is 0.251 e. The predicted octanol–water partition coefficient (Wildman–Crippen LogP) is 3.44. The summed E-state index contributed by atoms with van der Waals surface area (Å²) in [5, 5.41) is 9.39. The summed E-state index contributed by atoms with van der Waals surface area (Å²) < 4.78 is 0. The standard InChI is InChI=1S/C16H19N3OS.2ClH/c1-11-10-21-16(18-11)13-5-2-4-12(8-13)15(20)19-14-6-3-7-17-9-14;;/h2,4-5,8,10,14,17H,3,6-7,9H2,1H3,(H,19,20);2*1H/t14-;;/m0../s1. The largest absolute Gasteiger partial charge is 0.348 e. The SMILES string of the molecule is Cc1csc(-c2cccc(C(=O)N[C@H]3CCCNC3)c2)n1.Cl.Cl. The van der Waals surface area contributed by atoms with Crippen LogP contribution in [-0.4, -0.2) is 30.0 Å². The molecule has 2 heterocycles. The monoisotopic (exact) mass is 373 g/mol. The summed E-state index contributed by atoms with van der Waals surface area (Å²) in [4.78, 5) is 16.8. The number of rotatable bonds is 3. The number of halogens is 2. The maximum Gasteiger partial charge on any atom is 0.251 e.